The Labute approximate surface area is 117 Å². The van der Waals surface area contributed by atoms with E-state index in [2.05, 4.69) is 11.0 Å². The first-order chi connectivity index (χ1) is 7.86. The van der Waals surface area contributed by atoms with Gasteiger partial charge in [0, 0.05) is 0 Å². The molecule has 2 N–H and O–H groups in total. The van der Waals surface area contributed by atoms with Gasteiger partial charge in [0.15, 0.2) is 0 Å². The van der Waals surface area contributed by atoms with Gasteiger partial charge in [-0.25, -0.2) is 0 Å². The van der Waals surface area contributed by atoms with E-state index in [1.807, 2.05) is 0 Å². The van der Waals surface area contributed by atoms with Crippen LogP contribution in [-0.2, 0) is 19.5 Å². The quantitative estimate of drug-likeness (QED) is 0.607. The van der Waals surface area contributed by atoms with Gasteiger partial charge in [-0.15, -0.1) is 0 Å². The topological polar surface area (TPSA) is 70.2 Å². The molecule has 2 aliphatic rings. The van der Waals surface area contributed by atoms with E-state index < -0.39 is 0 Å². The van der Waals surface area contributed by atoms with Crippen molar-refractivity contribution < 1.29 is 19.5 Å². The van der Waals surface area contributed by atoms with Crippen molar-refractivity contribution in [2.75, 3.05) is 0 Å². The molecule has 96 valence electrons. The molecule has 0 aromatic heterocycles. The minimum Gasteiger partial charge on any atom is -0.788 e. The maximum atomic E-state index is 10.0. The molecule has 2 rings (SSSR count). The first kappa shape index (κ1) is 17.5. The average Bonchev–Trinajstić information content (AvgIpc) is 2.41. The van der Waals surface area contributed by atoms with Crippen molar-refractivity contribution in [1.29, 1.82) is 0 Å². The zero-order chi connectivity index (χ0) is 11.6. The molecule has 0 heterocycles. The summed E-state index contributed by atoms with van der Waals surface area (Å²) in [5.74, 6) is 0. The van der Waals surface area contributed by atoms with Crippen molar-refractivity contribution in [1.82, 2.24) is 11.0 Å². The number of rotatable bonds is 2. The van der Waals surface area contributed by atoms with Gasteiger partial charge in [0.25, 0.3) is 0 Å². The average molecular weight is 294 g/mol. The molecule has 0 atom stereocenters. The molecule has 5 heteroatoms. The summed E-state index contributed by atoms with van der Waals surface area (Å²) >= 11 is 0. The second-order valence-electron chi connectivity index (χ2n) is 4.91. The Bertz CT molecular complexity index is 143. The molecule has 0 aromatic carbocycles. The Balaban J connectivity index is 0.000000284. The fourth-order valence-corrected chi connectivity index (χ4v) is 2.44. The molecule has 0 amide bonds. The van der Waals surface area contributed by atoms with E-state index in [1.54, 1.807) is 0 Å². The van der Waals surface area contributed by atoms with E-state index in [1.165, 1.54) is 38.5 Å². The van der Waals surface area contributed by atoms with Gasteiger partial charge in [-0.2, -0.15) is 0 Å². The van der Waals surface area contributed by atoms with E-state index in [-0.39, 0.29) is 31.6 Å². The van der Waals surface area contributed by atoms with Gasteiger partial charge in [-0.3, -0.25) is 0 Å². The maximum Gasteiger partial charge on any atom is 2.00 e. The van der Waals surface area contributed by atoms with Crippen LogP contribution in [0, 0.1) is 10.4 Å². The van der Waals surface area contributed by atoms with Crippen LogP contribution in [-0.4, -0.2) is 12.1 Å². The van der Waals surface area contributed by atoms with Crippen LogP contribution < -0.4 is 11.0 Å². The summed E-state index contributed by atoms with van der Waals surface area (Å²) in [5, 5.41) is 20.1. The Morgan fingerprint density at radius 2 is 0.882 bits per heavy atom. The molecule has 0 unspecified atom stereocenters. The van der Waals surface area contributed by atoms with Gasteiger partial charge in [0.05, 0.1) is 0 Å². The first-order valence-electron chi connectivity index (χ1n) is 6.62. The first-order valence-corrected chi connectivity index (χ1v) is 6.62. The van der Waals surface area contributed by atoms with Crippen molar-refractivity contribution in [3.63, 3.8) is 0 Å². The summed E-state index contributed by atoms with van der Waals surface area (Å²) in [6, 6.07) is 0.562. The Hall–Kier alpha value is 0.463. The number of hydrogen-bond acceptors (Lipinski definition) is 4. The van der Waals surface area contributed by atoms with Gasteiger partial charge in [-0.1, -0.05) is 38.5 Å². The molecule has 4 nitrogen and oxygen atoms in total. The molecule has 2 saturated carbocycles. The van der Waals surface area contributed by atoms with Gasteiger partial charge >= 0.3 is 19.5 Å². The van der Waals surface area contributed by atoms with E-state index in [9.17, 15) is 10.4 Å². The van der Waals surface area contributed by atoms with Gasteiger partial charge < -0.3 is 21.4 Å². The smallest absolute Gasteiger partial charge is 0.788 e. The SMILES string of the molecule is [O-]NC1CCCCC1.[O-]NC1CCCCC1.[Zn+2]. The largest absolute Gasteiger partial charge is 2.00 e. The van der Waals surface area contributed by atoms with Gasteiger partial charge in [-0.05, 0) is 37.8 Å². The van der Waals surface area contributed by atoms with Crippen LogP contribution >= 0.6 is 0 Å². The molecule has 0 bridgehead atoms. The molecule has 0 aliphatic heterocycles. The molecule has 2 fully saturated rings. The van der Waals surface area contributed by atoms with Crippen molar-refractivity contribution in [3.05, 3.63) is 10.4 Å². The zero-order valence-electron chi connectivity index (χ0n) is 10.7. The number of hydrogen-bond donors (Lipinski definition) is 2. The van der Waals surface area contributed by atoms with Crippen LogP contribution in [0.3, 0.4) is 0 Å². The van der Waals surface area contributed by atoms with Crippen LogP contribution in [0.4, 0.5) is 0 Å². The predicted molar refractivity (Wildman–Crippen MR) is 66.8 cm³/mol. The van der Waals surface area contributed by atoms with Crippen molar-refractivity contribution in [2.24, 2.45) is 0 Å². The number of hydroxylamine groups is 2. The standard InChI is InChI=1S/2C6H12NO.Zn/c2*8-7-6-4-2-1-3-5-6;/h2*6-7H,1-5H2;/q2*-1;+2. The van der Waals surface area contributed by atoms with Crippen LogP contribution in [0.1, 0.15) is 64.2 Å². The fraction of sp³-hybridized carbons (Fsp3) is 1.00. The van der Waals surface area contributed by atoms with E-state index in [0.29, 0.717) is 0 Å². The molecular weight excluding hydrogens is 270 g/mol. The van der Waals surface area contributed by atoms with E-state index in [0.717, 1.165) is 25.7 Å². The summed E-state index contributed by atoms with van der Waals surface area (Å²) < 4.78 is 0. The minimum absolute atomic E-state index is 0. The molecule has 0 spiro atoms. The summed E-state index contributed by atoms with van der Waals surface area (Å²) in [4.78, 5) is 0. The third-order valence-corrected chi connectivity index (χ3v) is 3.54. The summed E-state index contributed by atoms with van der Waals surface area (Å²) in [6.07, 6.45) is 11.9. The van der Waals surface area contributed by atoms with Crippen molar-refractivity contribution >= 4 is 0 Å². The molecule has 0 aromatic rings. The maximum absolute atomic E-state index is 10.0. The Morgan fingerprint density at radius 3 is 1.06 bits per heavy atom. The molecule has 0 saturated heterocycles. The zero-order valence-corrected chi connectivity index (χ0v) is 13.7. The van der Waals surface area contributed by atoms with Crippen LogP contribution in [0.25, 0.3) is 0 Å². The van der Waals surface area contributed by atoms with Crippen LogP contribution in [0.15, 0.2) is 0 Å². The minimum atomic E-state index is 0. The predicted octanol–water partition coefficient (Wildman–Crippen LogP) is 2.81. The number of nitrogens with one attached hydrogen (secondary N) is 2. The molecule has 0 radical (unpaired) electrons. The van der Waals surface area contributed by atoms with Crippen LogP contribution in [0.5, 0.6) is 0 Å². The molecule has 17 heavy (non-hydrogen) atoms. The van der Waals surface area contributed by atoms with Gasteiger partial charge in [0.1, 0.15) is 0 Å². The third kappa shape index (κ3) is 8.22. The van der Waals surface area contributed by atoms with Gasteiger partial charge in [0.2, 0.25) is 0 Å². The Morgan fingerprint density at radius 1 is 0.588 bits per heavy atom. The second-order valence-corrected chi connectivity index (χ2v) is 4.91. The van der Waals surface area contributed by atoms with Crippen molar-refractivity contribution in [3.8, 4) is 0 Å². The van der Waals surface area contributed by atoms with E-state index in [4.69, 9.17) is 0 Å². The second kappa shape index (κ2) is 11.5. The molecular formula is C12H24N2O2Zn. The fourth-order valence-electron chi connectivity index (χ4n) is 2.44. The Kier molecular flexibility index (Phi) is 11.9. The molecule has 2 aliphatic carbocycles. The van der Waals surface area contributed by atoms with E-state index >= 15 is 0 Å². The van der Waals surface area contributed by atoms with Crippen LogP contribution in [0.2, 0.25) is 0 Å². The normalized spacial score (nSPS) is 22.2. The third-order valence-electron chi connectivity index (χ3n) is 3.54. The summed E-state index contributed by atoms with van der Waals surface area (Å²) in [5.41, 5.74) is 4.11. The summed E-state index contributed by atoms with van der Waals surface area (Å²) in [6.45, 7) is 0. The monoisotopic (exact) mass is 292 g/mol. The van der Waals surface area contributed by atoms with Crippen molar-refractivity contribution in [2.45, 2.75) is 76.3 Å². The summed E-state index contributed by atoms with van der Waals surface area (Å²) in [7, 11) is 0.